The van der Waals surface area contributed by atoms with E-state index in [-0.39, 0.29) is 5.75 Å². The van der Waals surface area contributed by atoms with Crippen LogP contribution in [0.4, 0.5) is 0 Å². The number of aliphatic hydroxyl groups is 1. The highest BCUT2D eigenvalue weighted by molar-refractivity contribution is 6.35. The van der Waals surface area contributed by atoms with E-state index in [2.05, 4.69) is 0 Å². The summed E-state index contributed by atoms with van der Waals surface area (Å²) in [5.41, 5.74) is 1.67. The summed E-state index contributed by atoms with van der Waals surface area (Å²) in [7, 11) is 0. The van der Waals surface area contributed by atoms with Crippen LogP contribution in [0.2, 0.25) is 10.0 Å². The first-order chi connectivity index (χ1) is 9.56. The van der Waals surface area contributed by atoms with E-state index in [0.29, 0.717) is 28.7 Å². The van der Waals surface area contributed by atoms with Gasteiger partial charge in [0.25, 0.3) is 0 Å². The molecule has 2 rings (SSSR count). The average molecular weight is 313 g/mol. The average Bonchev–Trinajstić information content (AvgIpc) is 2.41. The molecule has 0 heterocycles. The fraction of sp³-hybridized carbons (Fsp3) is 0.200. The lowest BCUT2D eigenvalue weighted by Crippen LogP contribution is -2.83. The van der Waals surface area contributed by atoms with E-state index in [0.717, 1.165) is 5.56 Å². The molecule has 1 atom stereocenters. The molecule has 0 fully saturated rings. The zero-order valence-electron chi connectivity index (χ0n) is 10.8. The monoisotopic (exact) mass is 312 g/mol. The van der Waals surface area contributed by atoms with Crippen LogP contribution >= 0.6 is 23.2 Å². The molecule has 2 aromatic rings. The summed E-state index contributed by atoms with van der Waals surface area (Å²) < 4.78 is 0. The van der Waals surface area contributed by atoms with Crippen LogP contribution in [0.15, 0.2) is 42.5 Å². The van der Waals surface area contributed by atoms with E-state index in [1.807, 2.05) is 11.4 Å². The normalized spacial score (nSPS) is 12.3. The minimum absolute atomic E-state index is 0.155. The third kappa shape index (κ3) is 4.12. The van der Waals surface area contributed by atoms with Crippen molar-refractivity contribution in [3.63, 3.8) is 0 Å². The summed E-state index contributed by atoms with van der Waals surface area (Å²) in [5.74, 6) is 0.155. The van der Waals surface area contributed by atoms with Gasteiger partial charge in [0.15, 0.2) is 0 Å². The van der Waals surface area contributed by atoms with Crippen LogP contribution in [0.5, 0.6) is 5.75 Å². The molecule has 0 aromatic heterocycles. The fourth-order valence-electron chi connectivity index (χ4n) is 1.95. The van der Waals surface area contributed by atoms with Gasteiger partial charge in [0.05, 0.1) is 5.02 Å². The lowest BCUT2D eigenvalue weighted by molar-refractivity contribution is -0.677. The SMILES string of the molecule is Oc1cccc([C@H](O)C[NH2+]Cc2ccc(Cl)cc2Cl)c1. The third-order valence-corrected chi connectivity index (χ3v) is 3.61. The summed E-state index contributed by atoms with van der Waals surface area (Å²) in [5, 5.41) is 22.6. The van der Waals surface area contributed by atoms with Gasteiger partial charge in [0.2, 0.25) is 0 Å². The Morgan fingerprint density at radius 2 is 1.90 bits per heavy atom. The van der Waals surface area contributed by atoms with Crippen molar-refractivity contribution >= 4 is 23.2 Å². The predicted octanol–water partition coefficient (Wildman–Crippen LogP) is 2.50. The second-order valence-corrected chi connectivity index (χ2v) is 5.42. The second-order valence-electron chi connectivity index (χ2n) is 4.58. The van der Waals surface area contributed by atoms with E-state index in [4.69, 9.17) is 23.2 Å². The lowest BCUT2D eigenvalue weighted by Gasteiger charge is -2.11. The van der Waals surface area contributed by atoms with Crippen LogP contribution < -0.4 is 5.32 Å². The number of hydrogen-bond acceptors (Lipinski definition) is 2. The first-order valence-corrected chi connectivity index (χ1v) is 7.04. The standard InChI is InChI=1S/C15H15Cl2NO2/c16-12-5-4-11(14(17)7-12)8-18-9-15(20)10-2-1-3-13(19)6-10/h1-7,15,18-20H,8-9H2/p+1/t15-/m1/s1. The maximum atomic E-state index is 10.0. The zero-order chi connectivity index (χ0) is 14.5. The molecule has 106 valence electrons. The summed E-state index contributed by atoms with van der Waals surface area (Å²) >= 11 is 11.9. The number of quaternary nitrogens is 1. The van der Waals surface area contributed by atoms with E-state index >= 15 is 0 Å². The Hall–Kier alpha value is -1.26. The van der Waals surface area contributed by atoms with Crippen LogP contribution in [-0.2, 0) is 6.54 Å². The first kappa shape index (κ1) is 15.1. The Balaban J connectivity index is 1.89. The Bertz CT molecular complexity index is 590. The third-order valence-electron chi connectivity index (χ3n) is 3.02. The largest absolute Gasteiger partial charge is 0.508 e. The van der Waals surface area contributed by atoms with Crippen molar-refractivity contribution in [1.29, 1.82) is 0 Å². The molecule has 0 saturated carbocycles. The van der Waals surface area contributed by atoms with Gasteiger partial charge < -0.3 is 15.5 Å². The summed E-state index contributed by atoms with van der Waals surface area (Å²) in [6.07, 6.45) is -0.631. The molecule has 0 aliphatic heterocycles. The molecule has 3 nitrogen and oxygen atoms in total. The Morgan fingerprint density at radius 1 is 1.10 bits per heavy atom. The molecule has 0 spiro atoms. The van der Waals surface area contributed by atoms with Crippen LogP contribution in [0, 0.1) is 0 Å². The topological polar surface area (TPSA) is 57.1 Å². The lowest BCUT2D eigenvalue weighted by atomic mass is 10.1. The number of aliphatic hydroxyl groups excluding tert-OH is 1. The van der Waals surface area contributed by atoms with Gasteiger partial charge in [-0.25, -0.2) is 0 Å². The Labute approximate surface area is 127 Å². The van der Waals surface area contributed by atoms with Gasteiger partial charge in [-0.2, -0.15) is 0 Å². The van der Waals surface area contributed by atoms with E-state index in [1.54, 1.807) is 36.4 Å². The van der Waals surface area contributed by atoms with Gasteiger partial charge in [0, 0.05) is 10.6 Å². The van der Waals surface area contributed by atoms with Crippen molar-refractivity contribution in [3.05, 3.63) is 63.6 Å². The van der Waals surface area contributed by atoms with Crippen molar-refractivity contribution < 1.29 is 15.5 Å². The van der Waals surface area contributed by atoms with Crippen molar-refractivity contribution in [2.45, 2.75) is 12.6 Å². The van der Waals surface area contributed by atoms with Gasteiger partial charge in [-0.3, -0.25) is 0 Å². The molecule has 20 heavy (non-hydrogen) atoms. The molecule has 0 aliphatic rings. The number of hydrogen-bond donors (Lipinski definition) is 3. The highest BCUT2D eigenvalue weighted by Gasteiger charge is 2.11. The number of halogens is 2. The quantitative estimate of drug-likeness (QED) is 0.794. The predicted molar refractivity (Wildman–Crippen MR) is 80.0 cm³/mol. The second kappa shape index (κ2) is 6.95. The number of aromatic hydroxyl groups is 1. The maximum Gasteiger partial charge on any atom is 0.128 e. The summed E-state index contributed by atoms with van der Waals surface area (Å²) in [4.78, 5) is 0. The van der Waals surface area contributed by atoms with E-state index < -0.39 is 6.10 Å². The molecule has 0 amide bonds. The summed E-state index contributed by atoms with van der Waals surface area (Å²) in [6.45, 7) is 1.15. The molecule has 0 saturated heterocycles. The van der Waals surface area contributed by atoms with Crippen molar-refractivity contribution in [3.8, 4) is 5.75 Å². The smallest absolute Gasteiger partial charge is 0.128 e. The molecule has 0 bridgehead atoms. The Morgan fingerprint density at radius 3 is 2.60 bits per heavy atom. The number of nitrogens with two attached hydrogens (primary N) is 1. The highest BCUT2D eigenvalue weighted by Crippen LogP contribution is 2.20. The van der Waals surface area contributed by atoms with Crippen molar-refractivity contribution in [2.75, 3.05) is 6.54 Å². The van der Waals surface area contributed by atoms with Gasteiger partial charge >= 0.3 is 0 Å². The Kier molecular flexibility index (Phi) is 5.26. The van der Waals surface area contributed by atoms with E-state index in [1.165, 1.54) is 0 Å². The number of phenolic OH excluding ortho intramolecular Hbond substituents is 1. The minimum Gasteiger partial charge on any atom is -0.508 e. The van der Waals surface area contributed by atoms with Crippen LogP contribution in [0.1, 0.15) is 17.2 Å². The number of benzene rings is 2. The molecule has 2 aromatic carbocycles. The zero-order valence-corrected chi connectivity index (χ0v) is 12.3. The molecule has 0 aliphatic carbocycles. The molecule has 5 heteroatoms. The summed E-state index contributed by atoms with van der Waals surface area (Å²) in [6, 6.07) is 12.0. The number of rotatable bonds is 5. The van der Waals surface area contributed by atoms with Crippen molar-refractivity contribution in [1.82, 2.24) is 0 Å². The highest BCUT2D eigenvalue weighted by atomic mass is 35.5. The van der Waals surface area contributed by atoms with Gasteiger partial charge in [-0.05, 0) is 29.8 Å². The fourth-order valence-corrected chi connectivity index (χ4v) is 2.44. The molecular formula is C15H16Cl2NO2+. The van der Waals surface area contributed by atoms with E-state index in [9.17, 15) is 10.2 Å². The van der Waals surface area contributed by atoms with Gasteiger partial charge in [-0.15, -0.1) is 0 Å². The molecule has 0 unspecified atom stereocenters. The van der Waals surface area contributed by atoms with Crippen LogP contribution in [0.25, 0.3) is 0 Å². The van der Waals surface area contributed by atoms with Crippen LogP contribution in [-0.4, -0.2) is 16.8 Å². The van der Waals surface area contributed by atoms with Crippen LogP contribution in [0.3, 0.4) is 0 Å². The minimum atomic E-state index is -0.631. The van der Waals surface area contributed by atoms with Gasteiger partial charge in [0.1, 0.15) is 24.9 Å². The number of phenols is 1. The van der Waals surface area contributed by atoms with Gasteiger partial charge in [-0.1, -0.05) is 41.4 Å². The maximum absolute atomic E-state index is 10.0. The molecular weight excluding hydrogens is 297 g/mol. The van der Waals surface area contributed by atoms with Crippen molar-refractivity contribution in [2.24, 2.45) is 0 Å². The first-order valence-electron chi connectivity index (χ1n) is 6.29. The molecule has 4 N–H and O–H groups in total. The molecule has 0 radical (unpaired) electrons.